The Morgan fingerprint density at radius 1 is 1.04 bits per heavy atom. The molecule has 0 aliphatic heterocycles. The molecule has 3 rings (SSSR count). The van der Waals surface area contributed by atoms with Crippen molar-refractivity contribution in [2.45, 2.75) is 57.9 Å². The van der Waals surface area contributed by atoms with E-state index in [-0.39, 0.29) is 11.9 Å². The van der Waals surface area contributed by atoms with Crippen LogP contribution in [0.3, 0.4) is 0 Å². The van der Waals surface area contributed by atoms with Crippen molar-refractivity contribution < 1.29 is 14.3 Å². The lowest BCUT2D eigenvalue weighted by Gasteiger charge is -2.21. The highest BCUT2D eigenvalue weighted by Gasteiger charge is 2.16. The lowest BCUT2D eigenvalue weighted by molar-refractivity contribution is -0.122. The van der Waals surface area contributed by atoms with Crippen LogP contribution in [-0.4, -0.2) is 19.6 Å². The first kappa shape index (κ1) is 20.2. The third kappa shape index (κ3) is 5.51. The van der Waals surface area contributed by atoms with Crippen molar-refractivity contribution >= 4 is 5.91 Å². The van der Waals surface area contributed by atoms with Gasteiger partial charge >= 0.3 is 0 Å². The minimum Gasteiger partial charge on any atom is -0.497 e. The number of rotatable bonds is 9. The molecule has 2 aromatic carbocycles. The van der Waals surface area contributed by atoms with E-state index in [0.717, 1.165) is 24.3 Å². The summed E-state index contributed by atoms with van der Waals surface area (Å²) in [6, 6.07) is 14.3. The molecule has 0 radical (unpaired) electrons. The number of carbonyl (C=O) groups excluding carboxylic acids is 1. The Bertz CT molecular complexity index is 770. The van der Waals surface area contributed by atoms with E-state index in [1.165, 1.54) is 36.0 Å². The molecule has 0 fully saturated rings. The molecule has 150 valence electrons. The molecule has 0 spiro atoms. The van der Waals surface area contributed by atoms with Gasteiger partial charge in [0.05, 0.1) is 19.8 Å². The second-order valence-corrected chi connectivity index (χ2v) is 7.39. The monoisotopic (exact) mass is 381 g/mol. The predicted molar refractivity (Wildman–Crippen MR) is 112 cm³/mol. The summed E-state index contributed by atoms with van der Waals surface area (Å²) in [6.07, 6.45) is 6.97. The van der Waals surface area contributed by atoms with Gasteiger partial charge in [-0.2, -0.15) is 0 Å². The maximum absolute atomic E-state index is 12.4. The zero-order valence-electron chi connectivity index (χ0n) is 17.0. The van der Waals surface area contributed by atoms with Crippen molar-refractivity contribution in [2.24, 2.45) is 0 Å². The van der Waals surface area contributed by atoms with E-state index in [1.807, 2.05) is 24.3 Å². The smallest absolute Gasteiger partial charge is 0.220 e. The molecule has 4 nitrogen and oxygen atoms in total. The standard InChI is InChI=1S/C24H31NO3/c1-3-23(20-11-10-18-7-4-5-8-19(18)17-20)25-24(26)9-6-16-28-22-14-12-21(27-2)13-15-22/h10-15,17,23H,3-9,16H2,1-2H3,(H,25,26)/t23-/m0/s1. The fourth-order valence-electron chi connectivity index (χ4n) is 3.75. The Morgan fingerprint density at radius 3 is 2.46 bits per heavy atom. The molecule has 0 unspecified atom stereocenters. The molecule has 0 saturated carbocycles. The lowest BCUT2D eigenvalue weighted by Crippen LogP contribution is -2.28. The number of aryl methyl sites for hydroxylation is 2. The number of nitrogens with one attached hydrogen (secondary N) is 1. The van der Waals surface area contributed by atoms with Crippen LogP contribution in [0.15, 0.2) is 42.5 Å². The van der Waals surface area contributed by atoms with Gasteiger partial charge in [-0.3, -0.25) is 4.79 Å². The first-order valence-electron chi connectivity index (χ1n) is 10.4. The molecule has 1 aliphatic rings. The zero-order chi connectivity index (χ0) is 19.8. The van der Waals surface area contributed by atoms with Crippen molar-refractivity contribution in [2.75, 3.05) is 13.7 Å². The van der Waals surface area contributed by atoms with E-state index in [0.29, 0.717) is 19.4 Å². The summed E-state index contributed by atoms with van der Waals surface area (Å²) in [5.74, 6) is 1.68. The fourth-order valence-corrected chi connectivity index (χ4v) is 3.75. The molecule has 0 aromatic heterocycles. The van der Waals surface area contributed by atoms with Gasteiger partial charge in [0.2, 0.25) is 5.91 Å². The summed E-state index contributed by atoms with van der Waals surface area (Å²) in [7, 11) is 1.64. The van der Waals surface area contributed by atoms with Crippen LogP contribution in [0, 0.1) is 0 Å². The van der Waals surface area contributed by atoms with Crippen LogP contribution in [0.5, 0.6) is 11.5 Å². The average Bonchev–Trinajstić information content (AvgIpc) is 2.75. The van der Waals surface area contributed by atoms with Gasteiger partial charge in [-0.05, 0) is 79.5 Å². The lowest BCUT2D eigenvalue weighted by atomic mass is 9.89. The van der Waals surface area contributed by atoms with Crippen LogP contribution in [0.2, 0.25) is 0 Å². The topological polar surface area (TPSA) is 47.6 Å². The van der Waals surface area contributed by atoms with E-state index < -0.39 is 0 Å². The number of amides is 1. The summed E-state index contributed by atoms with van der Waals surface area (Å²) in [6.45, 7) is 2.65. The van der Waals surface area contributed by atoms with Gasteiger partial charge in [0.25, 0.3) is 0 Å². The van der Waals surface area contributed by atoms with Crippen molar-refractivity contribution in [3.63, 3.8) is 0 Å². The molecule has 4 heteroatoms. The molecule has 0 saturated heterocycles. The van der Waals surface area contributed by atoms with Crippen LogP contribution >= 0.6 is 0 Å². The molecule has 0 bridgehead atoms. The van der Waals surface area contributed by atoms with E-state index >= 15 is 0 Å². The molecule has 1 N–H and O–H groups in total. The van der Waals surface area contributed by atoms with Crippen molar-refractivity contribution in [1.82, 2.24) is 5.32 Å². The number of benzene rings is 2. The summed E-state index contributed by atoms with van der Waals surface area (Å²) < 4.78 is 10.8. The van der Waals surface area contributed by atoms with Crippen LogP contribution < -0.4 is 14.8 Å². The highest BCUT2D eigenvalue weighted by Crippen LogP contribution is 2.26. The highest BCUT2D eigenvalue weighted by atomic mass is 16.5. The van der Waals surface area contributed by atoms with Crippen molar-refractivity contribution in [3.05, 3.63) is 59.2 Å². The number of hydrogen-bond donors (Lipinski definition) is 1. The molecular weight excluding hydrogens is 350 g/mol. The molecule has 1 aliphatic carbocycles. The summed E-state index contributed by atoms with van der Waals surface area (Å²) in [5, 5.41) is 3.19. The van der Waals surface area contributed by atoms with Crippen LogP contribution in [0.4, 0.5) is 0 Å². The minimum atomic E-state index is 0.0854. The number of methoxy groups -OCH3 is 1. The molecule has 1 atom stereocenters. The summed E-state index contributed by atoms with van der Waals surface area (Å²) in [4.78, 5) is 12.4. The van der Waals surface area contributed by atoms with Gasteiger partial charge in [0, 0.05) is 6.42 Å². The maximum atomic E-state index is 12.4. The van der Waals surface area contributed by atoms with Crippen LogP contribution in [0.1, 0.15) is 61.8 Å². The van der Waals surface area contributed by atoms with Gasteiger partial charge in [-0.1, -0.05) is 25.1 Å². The largest absolute Gasteiger partial charge is 0.497 e. The average molecular weight is 382 g/mol. The maximum Gasteiger partial charge on any atom is 0.220 e. The van der Waals surface area contributed by atoms with E-state index in [9.17, 15) is 4.79 Å². The SMILES string of the molecule is CC[C@H](NC(=O)CCCOc1ccc(OC)cc1)c1ccc2c(c1)CCCC2. The van der Waals surface area contributed by atoms with E-state index in [1.54, 1.807) is 7.11 Å². The minimum absolute atomic E-state index is 0.0854. The molecule has 1 amide bonds. The number of ether oxygens (including phenoxy) is 2. The Morgan fingerprint density at radius 2 is 1.75 bits per heavy atom. The molecule has 28 heavy (non-hydrogen) atoms. The first-order chi connectivity index (χ1) is 13.7. The second-order valence-electron chi connectivity index (χ2n) is 7.39. The van der Waals surface area contributed by atoms with Gasteiger partial charge in [0.15, 0.2) is 0 Å². The predicted octanol–water partition coefficient (Wildman–Crippen LogP) is 5.00. The van der Waals surface area contributed by atoms with Crippen molar-refractivity contribution in [3.8, 4) is 11.5 Å². The number of fused-ring (bicyclic) bond motifs is 1. The highest BCUT2D eigenvalue weighted by molar-refractivity contribution is 5.76. The molecule has 0 heterocycles. The molecule has 2 aromatic rings. The number of carbonyl (C=O) groups is 1. The second kappa shape index (κ2) is 10.2. The van der Waals surface area contributed by atoms with Gasteiger partial charge in [0.1, 0.15) is 11.5 Å². The summed E-state index contributed by atoms with van der Waals surface area (Å²) >= 11 is 0. The number of hydrogen-bond acceptors (Lipinski definition) is 3. The van der Waals surface area contributed by atoms with Gasteiger partial charge < -0.3 is 14.8 Å². The quantitative estimate of drug-likeness (QED) is 0.622. The van der Waals surface area contributed by atoms with Gasteiger partial charge in [-0.25, -0.2) is 0 Å². The summed E-state index contributed by atoms with van der Waals surface area (Å²) in [5.41, 5.74) is 4.17. The van der Waals surface area contributed by atoms with Crippen LogP contribution in [-0.2, 0) is 17.6 Å². The Labute approximate surface area is 168 Å². The van der Waals surface area contributed by atoms with Gasteiger partial charge in [-0.15, -0.1) is 0 Å². The molecular formula is C24H31NO3. The van der Waals surface area contributed by atoms with Crippen LogP contribution in [0.25, 0.3) is 0 Å². The van der Waals surface area contributed by atoms with Crippen molar-refractivity contribution in [1.29, 1.82) is 0 Å². The third-order valence-electron chi connectivity index (χ3n) is 5.39. The van der Waals surface area contributed by atoms with E-state index in [4.69, 9.17) is 9.47 Å². The first-order valence-corrected chi connectivity index (χ1v) is 10.4. The Balaban J connectivity index is 1.44. The Hall–Kier alpha value is -2.49. The van der Waals surface area contributed by atoms with E-state index in [2.05, 4.69) is 30.4 Å². The Kier molecular flexibility index (Phi) is 7.35. The zero-order valence-corrected chi connectivity index (χ0v) is 17.0. The fraction of sp³-hybridized carbons (Fsp3) is 0.458. The third-order valence-corrected chi connectivity index (χ3v) is 5.39. The normalized spacial score (nSPS) is 14.1.